The van der Waals surface area contributed by atoms with Crippen molar-refractivity contribution in [2.75, 3.05) is 5.32 Å². The molecule has 0 aromatic heterocycles. The fraction of sp³-hybridized carbons (Fsp3) is 0.389. The highest BCUT2D eigenvalue weighted by atomic mass is 32.2. The molecule has 2 aliphatic heterocycles. The predicted molar refractivity (Wildman–Crippen MR) is 198 cm³/mol. The highest BCUT2D eigenvalue weighted by molar-refractivity contribution is 7.86. The van der Waals surface area contributed by atoms with Gasteiger partial charge in [0.05, 0.1) is 26.1 Å². The summed E-state index contributed by atoms with van der Waals surface area (Å²) in [6.07, 6.45) is 7.66. The zero-order valence-corrected chi connectivity index (χ0v) is 31.0. The van der Waals surface area contributed by atoms with Gasteiger partial charge >= 0.3 is 11.9 Å². The van der Waals surface area contributed by atoms with E-state index in [0.717, 1.165) is 0 Å². The zero-order valence-electron chi connectivity index (χ0n) is 28.5. The Labute approximate surface area is 307 Å². The molecule has 5 rings (SSSR count). The number of anilines is 1. The van der Waals surface area contributed by atoms with Gasteiger partial charge in [-0.15, -0.1) is 0 Å². The number of hydrogen-bond donors (Lipinski definition) is 6. The minimum absolute atomic E-state index is 0.0157. The Bertz CT molecular complexity index is 2200. The number of carboxylic acid groups (broad SMARTS) is 2. The van der Waals surface area contributed by atoms with Crippen molar-refractivity contribution in [3.8, 4) is 0 Å². The van der Waals surface area contributed by atoms with Crippen molar-refractivity contribution in [3.63, 3.8) is 0 Å². The van der Waals surface area contributed by atoms with Crippen LogP contribution in [0.4, 0.5) is 11.4 Å². The number of hydrogen-bond acceptors (Lipinski definition) is 10. The first-order valence-electron chi connectivity index (χ1n) is 16.7. The van der Waals surface area contributed by atoms with Crippen LogP contribution in [0.3, 0.4) is 0 Å². The molecule has 2 unspecified atom stereocenters. The molecule has 0 spiro atoms. The SMILES string of the molecule is CC1(CCCCCC(=O)O)C(C=C2C(=S)C(C=C3Nc4ccc(S(=O)(=O)O)cc4C3(C)CCCCCC(=O)O)=C2O)=Nc2ccc(S(=O)(=O)O)cc21. The minimum Gasteiger partial charge on any atom is -0.507 e. The van der Waals surface area contributed by atoms with Crippen LogP contribution in [0.1, 0.15) is 89.2 Å². The first-order chi connectivity index (χ1) is 24.3. The van der Waals surface area contributed by atoms with E-state index < -0.39 is 43.0 Å². The number of carbonyl (C=O) groups is 2. The zero-order chi connectivity index (χ0) is 38.2. The number of allylic oxidation sites excluding steroid dienone is 5. The summed E-state index contributed by atoms with van der Waals surface area (Å²) in [5.74, 6) is -1.91. The smallest absolute Gasteiger partial charge is 0.303 e. The number of rotatable bonds is 16. The first kappa shape index (κ1) is 39.0. The second-order valence-electron chi connectivity index (χ2n) is 13.7. The molecule has 0 fully saturated rings. The van der Waals surface area contributed by atoms with Gasteiger partial charge in [-0.2, -0.15) is 16.8 Å². The quantitative estimate of drug-likeness (QED) is 0.0438. The summed E-state index contributed by atoms with van der Waals surface area (Å²) >= 11 is 5.78. The summed E-state index contributed by atoms with van der Waals surface area (Å²) < 4.78 is 67.5. The monoisotopic (exact) mass is 772 g/mol. The third-order valence-electron chi connectivity index (χ3n) is 10.1. The topological polar surface area (TPSA) is 228 Å². The van der Waals surface area contributed by atoms with Crippen LogP contribution in [0.25, 0.3) is 0 Å². The molecular formula is C36H40N2O11S3. The molecule has 0 amide bonds. The molecule has 0 bridgehead atoms. The van der Waals surface area contributed by atoms with Gasteiger partial charge in [-0.3, -0.25) is 23.7 Å². The molecule has 0 saturated carbocycles. The maximum absolute atomic E-state index is 12.0. The third-order valence-corrected chi connectivity index (χ3v) is 12.3. The number of benzene rings is 2. The molecule has 0 radical (unpaired) electrons. The van der Waals surface area contributed by atoms with Crippen LogP contribution in [0.15, 0.2) is 85.9 Å². The maximum atomic E-state index is 12.0. The molecule has 2 aromatic rings. The molecular weight excluding hydrogens is 733 g/mol. The Morgan fingerprint density at radius 2 is 1.33 bits per heavy atom. The van der Waals surface area contributed by atoms with Gasteiger partial charge in [0.25, 0.3) is 20.2 Å². The number of aliphatic hydroxyl groups is 1. The summed E-state index contributed by atoms with van der Waals surface area (Å²) in [6.45, 7) is 3.76. The molecule has 16 heteroatoms. The molecule has 278 valence electrons. The normalized spacial score (nSPS) is 22.6. The van der Waals surface area contributed by atoms with E-state index in [-0.39, 0.29) is 28.4 Å². The van der Waals surface area contributed by atoms with E-state index in [1.54, 1.807) is 18.2 Å². The van der Waals surface area contributed by atoms with Crippen LogP contribution < -0.4 is 5.32 Å². The van der Waals surface area contributed by atoms with Crippen LogP contribution >= 0.6 is 12.2 Å². The summed E-state index contributed by atoms with van der Waals surface area (Å²) in [7, 11) is -9.02. The second-order valence-corrected chi connectivity index (χ2v) is 17.0. The lowest BCUT2D eigenvalue weighted by molar-refractivity contribution is -0.138. The Balaban J connectivity index is 1.48. The third kappa shape index (κ3) is 7.90. The number of nitrogens with one attached hydrogen (secondary N) is 1. The largest absolute Gasteiger partial charge is 0.507 e. The van der Waals surface area contributed by atoms with E-state index in [1.807, 2.05) is 13.8 Å². The average Bonchev–Trinajstić information content (AvgIpc) is 3.49. The average molecular weight is 773 g/mol. The van der Waals surface area contributed by atoms with Gasteiger partial charge in [-0.1, -0.05) is 37.9 Å². The molecule has 2 atom stereocenters. The van der Waals surface area contributed by atoms with E-state index in [1.165, 1.54) is 30.3 Å². The predicted octanol–water partition coefficient (Wildman–Crippen LogP) is 6.98. The van der Waals surface area contributed by atoms with Crippen LogP contribution in [0, 0.1) is 0 Å². The minimum atomic E-state index is -4.51. The van der Waals surface area contributed by atoms with Gasteiger partial charge in [-0.25, -0.2) is 0 Å². The van der Waals surface area contributed by atoms with E-state index in [4.69, 9.17) is 27.4 Å². The number of thiocarbonyl (C=S) groups is 1. The second kappa shape index (κ2) is 14.7. The van der Waals surface area contributed by atoms with E-state index in [9.17, 15) is 40.6 Å². The van der Waals surface area contributed by atoms with Crippen molar-refractivity contribution in [3.05, 3.63) is 82.3 Å². The molecule has 2 heterocycles. The van der Waals surface area contributed by atoms with Gasteiger partial charge in [0.2, 0.25) is 0 Å². The Morgan fingerprint density at radius 3 is 1.87 bits per heavy atom. The van der Waals surface area contributed by atoms with E-state index in [2.05, 4.69) is 5.32 Å². The lowest BCUT2D eigenvalue weighted by atomic mass is 9.73. The number of aliphatic carboxylic acids is 2. The van der Waals surface area contributed by atoms with Crippen LogP contribution in [0.2, 0.25) is 0 Å². The van der Waals surface area contributed by atoms with Gasteiger partial charge in [0.15, 0.2) is 0 Å². The number of aliphatic hydroxyl groups excluding tert-OH is 1. The van der Waals surface area contributed by atoms with Crippen molar-refractivity contribution in [2.45, 2.75) is 98.7 Å². The van der Waals surface area contributed by atoms with Crippen molar-refractivity contribution >= 4 is 66.3 Å². The van der Waals surface area contributed by atoms with Gasteiger partial charge < -0.3 is 20.6 Å². The standard InChI is InChI=1S/C36H40N2O11S3/c1-35(15-7-3-5-9-31(39)40)25-17-21(51(44,45)46)11-13-27(25)37-29(35)19-23-33(43)24(34(23)50)20-30-36(2,16-8-4-6-10-32(41)42)26-18-22(52(47,48)49)12-14-28(26)38-30/h11-14,17-20,37,43H,3-10,15-16H2,1-2H3,(H,39,40)(H,41,42)(H,44,45,46)(H,47,48,49). The Hall–Kier alpha value is -4.22. The van der Waals surface area contributed by atoms with Crippen molar-refractivity contribution in [1.29, 1.82) is 0 Å². The number of unbranched alkanes of at least 4 members (excludes halogenated alkanes) is 4. The highest BCUT2D eigenvalue weighted by Crippen LogP contribution is 2.50. The first-order valence-corrected chi connectivity index (χ1v) is 20.0. The van der Waals surface area contributed by atoms with Crippen molar-refractivity contribution in [2.24, 2.45) is 4.99 Å². The number of fused-ring (bicyclic) bond motifs is 2. The van der Waals surface area contributed by atoms with Crippen LogP contribution in [0.5, 0.6) is 0 Å². The highest BCUT2D eigenvalue weighted by Gasteiger charge is 2.43. The molecule has 0 saturated heterocycles. The molecule has 6 N–H and O–H groups in total. The van der Waals surface area contributed by atoms with Crippen molar-refractivity contribution < 1.29 is 50.8 Å². The Kier molecular flexibility index (Phi) is 11.0. The van der Waals surface area contributed by atoms with Gasteiger partial charge in [-0.05, 0) is 99.2 Å². The summed E-state index contributed by atoms with van der Waals surface area (Å²) in [5, 5.41) is 32.8. The molecule has 13 nitrogen and oxygen atoms in total. The van der Waals surface area contributed by atoms with E-state index in [0.29, 0.717) is 101 Å². The van der Waals surface area contributed by atoms with Crippen LogP contribution in [-0.2, 0) is 40.7 Å². The number of carboxylic acids is 2. The molecule has 3 aliphatic rings. The summed E-state index contributed by atoms with van der Waals surface area (Å²) in [6, 6.07) is 8.36. The maximum Gasteiger partial charge on any atom is 0.303 e. The fourth-order valence-corrected chi connectivity index (χ4v) is 8.38. The van der Waals surface area contributed by atoms with Gasteiger partial charge in [0.1, 0.15) is 5.76 Å². The molecule has 2 aromatic carbocycles. The Morgan fingerprint density at radius 1 is 0.788 bits per heavy atom. The fourth-order valence-electron chi connectivity index (χ4n) is 7.06. The van der Waals surface area contributed by atoms with Crippen molar-refractivity contribution in [1.82, 2.24) is 0 Å². The summed E-state index contributed by atoms with van der Waals surface area (Å²) in [4.78, 5) is 26.6. The molecule has 52 heavy (non-hydrogen) atoms. The number of aliphatic imine (C=N–C) groups is 1. The lowest BCUT2D eigenvalue weighted by Crippen LogP contribution is -2.31. The molecule has 1 aliphatic carbocycles. The summed E-state index contributed by atoms with van der Waals surface area (Å²) in [5.41, 5.74) is 2.37. The van der Waals surface area contributed by atoms with Gasteiger partial charge in [0, 0.05) is 46.2 Å². The number of nitrogens with zero attached hydrogens (tertiary/aromatic N) is 1. The lowest BCUT2D eigenvalue weighted by Gasteiger charge is -2.30. The van der Waals surface area contributed by atoms with E-state index >= 15 is 0 Å². The van der Waals surface area contributed by atoms with Crippen LogP contribution in [-0.4, -0.2) is 63.8 Å².